The van der Waals surface area contributed by atoms with Crippen molar-refractivity contribution >= 4 is 50.4 Å². The Kier molecular flexibility index (Phi) is 5.70. The third-order valence-electron chi connectivity index (χ3n) is 5.71. The Labute approximate surface area is 211 Å². The summed E-state index contributed by atoms with van der Waals surface area (Å²) >= 11 is 1.20. The second-order valence-electron chi connectivity index (χ2n) is 8.06. The van der Waals surface area contributed by atoms with Crippen LogP contribution in [-0.2, 0) is 10.0 Å². The number of anilines is 3. The van der Waals surface area contributed by atoms with Crippen LogP contribution in [0.25, 0.3) is 0 Å². The van der Waals surface area contributed by atoms with Crippen molar-refractivity contribution in [3.05, 3.63) is 101 Å². The minimum atomic E-state index is -3.85. The maximum absolute atomic E-state index is 13.2. The lowest BCUT2D eigenvalue weighted by Gasteiger charge is -2.22. The largest absolute Gasteiger partial charge is 0.508 e. The van der Waals surface area contributed by atoms with Crippen LogP contribution < -0.4 is 16.2 Å². The topological polar surface area (TPSA) is 153 Å². The Morgan fingerprint density at radius 1 is 0.778 bits per heavy atom. The van der Waals surface area contributed by atoms with Crippen molar-refractivity contribution in [2.24, 2.45) is 0 Å². The van der Waals surface area contributed by atoms with Crippen LogP contribution in [0.15, 0.2) is 93.5 Å². The molecule has 4 aromatic carbocycles. The zero-order valence-electron chi connectivity index (χ0n) is 18.6. The van der Waals surface area contributed by atoms with Crippen LogP contribution in [0.3, 0.4) is 0 Å². The molecule has 0 unspecified atom stereocenters. The number of fused-ring (bicyclic) bond motifs is 2. The average molecular weight is 518 g/mol. The monoisotopic (exact) mass is 517 g/mol. The maximum Gasteiger partial charge on any atom is 0.261 e. The number of hydrogen-bond acceptors (Lipinski definition) is 8. The van der Waals surface area contributed by atoms with Crippen molar-refractivity contribution < 1.29 is 23.1 Å². The van der Waals surface area contributed by atoms with Crippen LogP contribution in [0.4, 0.5) is 17.1 Å². The highest BCUT2D eigenvalue weighted by Gasteiger charge is 2.34. The molecule has 0 bridgehead atoms. The molecule has 0 saturated carbocycles. The summed E-state index contributed by atoms with van der Waals surface area (Å²) in [5.41, 5.74) is 13.9. The third-order valence-corrected chi connectivity index (χ3v) is 8.17. The molecule has 6 N–H and O–H groups in total. The summed E-state index contributed by atoms with van der Waals surface area (Å²) in [6.45, 7) is 0. The van der Waals surface area contributed by atoms with E-state index in [1.165, 1.54) is 48.2 Å². The van der Waals surface area contributed by atoms with Gasteiger partial charge in [-0.3, -0.25) is 14.3 Å². The molecule has 180 valence electrons. The number of hydrogen-bond donors (Lipinski definition) is 4. The Bertz CT molecular complexity index is 1650. The highest BCUT2D eigenvalue weighted by atomic mass is 32.2. The fourth-order valence-electron chi connectivity index (χ4n) is 3.96. The Morgan fingerprint density at radius 3 is 1.97 bits per heavy atom. The highest BCUT2D eigenvalue weighted by molar-refractivity contribution is 7.99. The van der Waals surface area contributed by atoms with Crippen molar-refractivity contribution in [1.82, 2.24) is 0 Å². The standard InChI is InChI=1S/C26H19N3O5S2/c27-20-13-21(24(28)23-22(20)25(31)18-3-1-2-4-19(18)26(23)32)35-16-9-11-17(12-10-16)36(33,34)29-14-5-7-15(30)8-6-14/h1-13,29-30H,27-28H2. The lowest BCUT2D eigenvalue weighted by Crippen LogP contribution is -2.24. The number of ketones is 2. The first-order chi connectivity index (χ1) is 17.2. The fraction of sp³-hybridized carbons (Fsp3) is 0. The molecule has 0 aliphatic heterocycles. The number of carbonyl (C=O) groups is 2. The van der Waals surface area contributed by atoms with Gasteiger partial charge in [-0.25, -0.2) is 8.42 Å². The van der Waals surface area contributed by atoms with Gasteiger partial charge in [0.2, 0.25) is 0 Å². The second-order valence-corrected chi connectivity index (χ2v) is 10.9. The van der Waals surface area contributed by atoms with Crippen LogP contribution >= 0.6 is 11.8 Å². The zero-order valence-corrected chi connectivity index (χ0v) is 20.2. The van der Waals surface area contributed by atoms with E-state index in [2.05, 4.69) is 4.72 Å². The Hall–Kier alpha value is -4.28. The van der Waals surface area contributed by atoms with Crippen LogP contribution in [0.2, 0.25) is 0 Å². The van der Waals surface area contributed by atoms with Gasteiger partial charge in [-0.2, -0.15) is 0 Å². The molecule has 1 aliphatic rings. The number of carbonyl (C=O) groups excluding carboxylic acids is 2. The van der Waals surface area contributed by atoms with E-state index in [0.29, 0.717) is 21.0 Å². The van der Waals surface area contributed by atoms with Gasteiger partial charge in [0.05, 0.1) is 21.7 Å². The van der Waals surface area contributed by atoms with E-state index in [0.717, 1.165) is 0 Å². The van der Waals surface area contributed by atoms with Crippen molar-refractivity contribution in [2.75, 3.05) is 16.2 Å². The van der Waals surface area contributed by atoms with E-state index in [4.69, 9.17) is 11.5 Å². The van der Waals surface area contributed by atoms with E-state index in [1.807, 2.05) is 0 Å². The zero-order chi connectivity index (χ0) is 25.6. The molecule has 0 amide bonds. The first kappa shape index (κ1) is 23.5. The average Bonchev–Trinajstić information content (AvgIpc) is 2.86. The van der Waals surface area contributed by atoms with E-state index < -0.39 is 10.0 Å². The van der Waals surface area contributed by atoms with Gasteiger partial charge in [-0.1, -0.05) is 36.0 Å². The number of nitrogens with two attached hydrogens (primary N) is 2. The Morgan fingerprint density at radius 2 is 1.36 bits per heavy atom. The predicted octanol–water partition coefficient (Wildman–Crippen LogP) is 4.28. The fourth-order valence-corrected chi connectivity index (χ4v) is 5.95. The smallest absolute Gasteiger partial charge is 0.261 e. The van der Waals surface area contributed by atoms with E-state index in [1.54, 1.807) is 42.5 Å². The number of benzene rings is 4. The molecule has 0 spiro atoms. The van der Waals surface area contributed by atoms with E-state index >= 15 is 0 Å². The maximum atomic E-state index is 13.2. The molecule has 0 aromatic heterocycles. The van der Waals surface area contributed by atoms with Gasteiger partial charge in [0, 0.05) is 32.3 Å². The van der Waals surface area contributed by atoms with Crippen molar-refractivity contribution in [3.8, 4) is 5.75 Å². The summed E-state index contributed by atoms with van der Waals surface area (Å²) in [5, 5.41) is 9.37. The van der Waals surface area contributed by atoms with Crippen molar-refractivity contribution in [1.29, 1.82) is 0 Å². The van der Waals surface area contributed by atoms with Gasteiger partial charge in [-0.05, 0) is 54.6 Å². The molecule has 8 nitrogen and oxygen atoms in total. The molecule has 0 heterocycles. The summed E-state index contributed by atoms with van der Waals surface area (Å²) < 4.78 is 27.8. The molecule has 36 heavy (non-hydrogen) atoms. The molecule has 0 saturated heterocycles. The van der Waals surface area contributed by atoms with Crippen LogP contribution in [0.1, 0.15) is 31.8 Å². The van der Waals surface area contributed by atoms with Crippen molar-refractivity contribution in [3.63, 3.8) is 0 Å². The van der Waals surface area contributed by atoms with Gasteiger partial charge in [0.25, 0.3) is 10.0 Å². The lowest BCUT2D eigenvalue weighted by atomic mass is 9.82. The number of phenols is 1. The highest BCUT2D eigenvalue weighted by Crippen LogP contribution is 2.42. The summed E-state index contributed by atoms with van der Waals surface area (Å²) in [5.74, 6) is -0.693. The number of nitrogen functional groups attached to an aromatic ring is 2. The van der Waals surface area contributed by atoms with Gasteiger partial charge < -0.3 is 16.6 Å². The number of aromatic hydroxyl groups is 1. The van der Waals surface area contributed by atoms with Gasteiger partial charge >= 0.3 is 0 Å². The van der Waals surface area contributed by atoms with E-state index in [9.17, 15) is 23.1 Å². The summed E-state index contributed by atoms with van der Waals surface area (Å²) in [4.78, 5) is 27.3. The Balaban J connectivity index is 1.43. The quantitative estimate of drug-likeness (QED) is 0.199. The molecule has 1 aliphatic carbocycles. The van der Waals surface area contributed by atoms with Crippen molar-refractivity contribution in [2.45, 2.75) is 14.7 Å². The minimum absolute atomic E-state index is 0.0247. The SMILES string of the molecule is Nc1cc(Sc2ccc(S(=O)(=O)Nc3ccc(O)cc3)cc2)c(N)c2c1C(=O)c1ccccc1C2=O. The van der Waals surface area contributed by atoms with E-state index in [-0.39, 0.29) is 50.3 Å². The first-order valence-electron chi connectivity index (χ1n) is 10.7. The number of rotatable bonds is 5. The molecule has 5 rings (SSSR count). The third kappa shape index (κ3) is 4.06. The van der Waals surface area contributed by atoms with Crippen LogP contribution in [-0.4, -0.2) is 25.1 Å². The summed E-state index contributed by atoms with van der Waals surface area (Å²) in [6.07, 6.45) is 0. The van der Waals surface area contributed by atoms with Crippen LogP contribution in [0.5, 0.6) is 5.75 Å². The lowest BCUT2D eigenvalue weighted by molar-refractivity contribution is 0.0980. The molecular formula is C26H19N3O5S2. The summed E-state index contributed by atoms with van der Waals surface area (Å²) in [6, 6.07) is 19.8. The number of phenolic OH excluding ortho intramolecular Hbond substituents is 1. The summed E-state index contributed by atoms with van der Waals surface area (Å²) in [7, 11) is -3.85. The molecule has 0 fully saturated rings. The first-order valence-corrected chi connectivity index (χ1v) is 13.0. The number of nitrogens with one attached hydrogen (secondary N) is 1. The number of sulfonamides is 1. The second kappa shape index (κ2) is 8.74. The normalized spacial score (nSPS) is 12.7. The van der Waals surface area contributed by atoms with Gasteiger partial charge in [0.15, 0.2) is 11.6 Å². The molecule has 0 atom stereocenters. The minimum Gasteiger partial charge on any atom is -0.508 e. The molecular weight excluding hydrogens is 498 g/mol. The van der Waals surface area contributed by atoms with Crippen LogP contribution in [0, 0.1) is 0 Å². The van der Waals surface area contributed by atoms with Gasteiger partial charge in [0.1, 0.15) is 5.75 Å². The molecule has 10 heteroatoms. The predicted molar refractivity (Wildman–Crippen MR) is 138 cm³/mol. The van der Waals surface area contributed by atoms with Gasteiger partial charge in [-0.15, -0.1) is 0 Å². The molecule has 4 aromatic rings. The molecule has 0 radical (unpaired) electrons.